The van der Waals surface area contributed by atoms with Crippen LogP contribution >= 0.6 is 11.6 Å². The Labute approximate surface area is 169 Å². The largest absolute Gasteiger partial charge is 0.366 e. The fourth-order valence-corrected chi connectivity index (χ4v) is 3.59. The van der Waals surface area contributed by atoms with Crippen LogP contribution in [0.4, 0.5) is 17.1 Å². The van der Waals surface area contributed by atoms with E-state index in [0.717, 1.165) is 37.9 Å². The molecule has 7 heteroatoms. The molecule has 6 nitrogen and oxygen atoms in total. The van der Waals surface area contributed by atoms with Gasteiger partial charge in [-0.25, -0.2) is 0 Å². The molecule has 1 fully saturated rings. The molecule has 1 saturated heterocycles. The van der Waals surface area contributed by atoms with Gasteiger partial charge in [0, 0.05) is 24.7 Å². The number of nitro groups is 1. The van der Waals surface area contributed by atoms with Crippen LogP contribution in [0.1, 0.15) is 42.6 Å². The zero-order valence-electron chi connectivity index (χ0n) is 16.1. The summed E-state index contributed by atoms with van der Waals surface area (Å²) in [4.78, 5) is 25.7. The average molecular weight is 402 g/mol. The van der Waals surface area contributed by atoms with Crippen LogP contribution in [0.5, 0.6) is 0 Å². The van der Waals surface area contributed by atoms with Gasteiger partial charge in [0.15, 0.2) is 0 Å². The summed E-state index contributed by atoms with van der Waals surface area (Å²) in [7, 11) is 0. The van der Waals surface area contributed by atoms with Crippen LogP contribution in [0.25, 0.3) is 0 Å². The summed E-state index contributed by atoms with van der Waals surface area (Å²) in [5.74, 6) is 0.310. The number of amides is 1. The quantitative estimate of drug-likeness (QED) is 0.544. The third-order valence-electron chi connectivity index (χ3n) is 5.26. The van der Waals surface area contributed by atoms with Crippen LogP contribution in [0.15, 0.2) is 36.4 Å². The van der Waals surface area contributed by atoms with Crippen molar-refractivity contribution in [2.24, 2.45) is 5.92 Å². The zero-order chi connectivity index (χ0) is 20.3. The van der Waals surface area contributed by atoms with Crippen LogP contribution in [-0.4, -0.2) is 23.9 Å². The van der Waals surface area contributed by atoms with Crippen molar-refractivity contribution in [1.82, 2.24) is 0 Å². The highest BCUT2D eigenvalue weighted by atomic mass is 35.5. The lowest BCUT2D eigenvalue weighted by atomic mass is 9.98. The van der Waals surface area contributed by atoms with Crippen LogP contribution < -0.4 is 10.2 Å². The molecule has 1 heterocycles. The Bertz CT molecular complexity index is 875. The van der Waals surface area contributed by atoms with E-state index in [0.29, 0.717) is 22.9 Å². The molecule has 148 valence electrons. The first-order valence-electron chi connectivity index (χ1n) is 9.52. The summed E-state index contributed by atoms with van der Waals surface area (Å²) in [6.07, 6.45) is 2.85. The number of nitrogens with one attached hydrogen (secondary N) is 1. The summed E-state index contributed by atoms with van der Waals surface area (Å²) in [5.41, 5.74) is 2.50. The summed E-state index contributed by atoms with van der Waals surface area (Å²) < 4.78 is 0. The number of hydrogen-bond acceptors (Lipinski definition) is 4. The number of rotatable bonds is 5. The number of hydrogen-bond donors (Lipinski definition) is 1. The molecule has 1 amide bonds. The standard InChI is InChI=1S/C21H24ClN3O3/c1-3-15-4-6-16(7-5-15)21(26)23-18-13-19(20(25(27)28)12-17(18)22)24-10-8-14(2)9-11-24/h4-7,12-14H,3,8-11H2,1-2H3,(H,23,26). The molecule has 0 radical (unpaired) electrons. The Balaban J connectivity index is 1.88. The molecule has 0 bridgehead atoms. The van der Waals surface area contributed by atoms with E-state index in [4.69, 9.17) is 11.6 Å². The second kappa shape index (κ2) is 8.61. The molecule has 2 aromatic carbocycles. The number of piperidine rings is 1. The van der Waals surface area contributed by atoms with Gasteiger partial charge in [-0.2, -0.15) is 0 Å². The third-order valence-corrected chi connectivity index (χ3v) is 5.57. The molecule has 0 atom stereocenters. The zero-order valence-corrected chi connectivity index (χ0v) is 16.8. The predicted molar refractivity (Wildman–Crippen MR) is 112 cm³/mol. The summed E-state index contributed by atoms with van der Waals surface area (Å²) in [6.45, 7) is 5.72. The minimum atomic E-state index is -0.422. The topological polar surface area (TPSA) is 75.5 Å². The molecular formula is C21H24ClN3O3. The van der Waals surface area contributed by atoms with Crippen molar-refractivity contribution in [3.05, 3.63) is 62.7 Å². The van der Waals surface area contributed by atoms with Crippen LogP contribution in [-0.2, 0) is 6.42 Å². The average Bonchev–Trinajstić information content (AvgIpc) is 2.69. The first-order chi connectivity index (χ1) is 13.4. The monoisotopic (exact) mass is 401 g/mol. The fourth-order valence-electron chi connectivity index (χ4n) is 3.38. The summed E-state index contributed by atoms with van der Waals surface area (Å²) in [6, 6.07) is 10.3. The Morgan fingerprint density at radius 2 is 1.89 bits per heavy atom. The van der Waals surface area contributed by atoms with Gasteiger partial charge in [0.2, 0.25) is 0 Å². The number of carbonyl (C=O) groups is 1. The lowest BCUT2D eigenvalue weighted by molar-refractivity contribution is -0.384. The smallest absolute Gasteiger partial charge is 0.294 e. The molecule has 1 aliphatic rings. The van der Waals surface area contributed by atoms with E-state index in [-0.39, 0.29) is 16.6 Å². The minimum Gasteiger partial charge on any atom is -0.366 e. The van der Waals surface area contributed by atoms with Gasteiger partial charge < -0.3 is 10.2 Å². The van der Waals surface area contributed by atoms with Gasteiger partial charge in [-0.15, -0.1) is 0 Å². The van der Waals surface area contributed by atoms with E-state index in [9.17, 15) is 14.9 Å². The predicted octanol–water partition coefficient (Wildman–Crippen LogP) is 5.30. The van der Waals surface area contributed by atoms with Crippen molar-refractivity contribution in [2.45, 2.75) is 33.1 Å². The number of anilines is 2. The summed E-state index contributed by atoms with van der Waals surface area (Å²) >= 11 is 6.25. The lowest BCUT2D eigenvalue weighted by Crippen LogP contribution is -2.33. The SMILES string of the molecule is CCc1ccc(C(=O)Nc2cc(N3CCC(C)CC3)c([N+](=O)[O-])cc2Cl)cc1. The molecule has 3 rings (SSSR count). The van der Waals surface area contributed by atoms with Gasteiger partial charge in [-0.05, 0) is 48.9 Å². The molecule has 1 aliphatic heterocycles. The minimum absolute atomic E-state index is 0.0372. The molecular weight excluding hydrogens is 378 g/mol. The molecule has 0 aromatic heterocycles. The number of carbonyl (C=O) groups excluding carboxylic acids is 1. The van der Waals surface area contributed by atoms with Gasteiger partial charge in [0.1, 0.15) is 5.69 Å². The highest BCUT2D eigenvalue weighted by Crippen LogP contribution is 2.38. The van der Waals surface area contributed by atoms with E-state index >= 15 is 0 Å². The van der Waals surface area contributed by atoms with E-state index in [1.807, 2.05) is 17.0 Å². The number of aryl methyl sites for hydroxylation is 1. The third kappa shape index (κ3) is 4.44. The molecule has 0 spiro atoms. The maximum atomic E-state index is 12.6. The van der Waals surface area contributed by atoms with Gasteiger partial charge in [0.25, 0.3) is 11.6 Å². The van der Waals surface area contributed by atoms with Crippen molar-refractivity contribution < 1.29 is 9.72 Å². The van der Waals surface area contributed by atoms with E-state index in [2.05, 4.69) is 19.2 Å². The first-order valence-corrected chi connectivity index (χ1v) is 9.90. The normalized spacial score (nSPS) is 14.8. The van der Waals surface area contributed by atoms with Crippen LogP contribution in [0.2, 0.25) is 5.02 Å². The second-order valence-corrected chi connectivity index (χ2v) is 7.66. The fraction of sp³-hybridized carbons (Fsp3) is 0.381. The Morgan fingerprint density at radius 3 is 2.46 bits per heavy atom. The van der Waals surface area contributed by atoms with E-state index in [1.165, 1.54) is 6.07 Å². The van der Waals surface area contributed by atoms with Crippen LogP contribution in [0, 0.1) is 16.0 Å². The van der Waals surface area contributed by atoms with E-state index in [1.54, 1.807) is 18.2 Å². The Hall–Kier alpha value is -2.60. The first kappa shape index (κ1) is 20.1. The van der Waals surface area contributed by atoms with Gasteiger partial charge >= 0.3 is 0 Å². The van der Waals surface area contributed by atoms with Crippen molar-refractivity contribution >= 4 is 34.6 Å². The van der Waals surface area contributed by atoms with Gasteiger partial charge in [-0.3, -0.25) is 14.9 Å². The molecule has 0 saturated carbocycles. The number of nitro benzene ring substituents is 1. The van der Waals surface area contributed by atoms with Gasteiger partial charge in [0.05, 0.1) is 15.6 Å². The Morgan fingerprint density at radius 1 is 1.25 bits per heavy atom. The number of benzene rings is 2. The molecule has 2 aromatic rings. The molecule has 0 unspecified atom stereocenters. The van der Waals surface area contributed by atoms with E-state index < -0.39 is 4.92 Å². The maximum Gasteiger partial charge on any atom is 0.294 e. The van der Waals surface area contributed by atoms with Crippen molar-refractivity contribution in [3.63, 3.8) is 0 Å². The van der Waals surface area contributed by atoms with Crippen molar-refractivity contribution in [1.29, 1.82) is 0 Å². The van der Waals surface area contributed by atoms with Crippen LogP contribution in [0.3, 0.4) is 0 Å². The van der Waals surface area contributed by atoms with Crippen molar-refractivity contribution in [3.8, 4) is 0 Å². The lowest BCUT2D eigenvalue weighted by Gasteiger charge is -2.32. The van der Waals surface area contributed by atoms with Crippen molar-refractivity contribution in [2.75, 3.05) is 23.3 Å². The molecule has 0 aliphatic carbocycles. The molecule has 1 N–H and O–H groups in total. The second-order valence-electron chi connectivity index (χ2n) is 7.25. The maximum absolute atomic E-state index is 12.6. The van der Waals surface area contributed by atoms with Gasteiger partial charge in [-0.1, -0.05) is 37.6 Å². The highest BCUT2D eigenvalue weighted by Gasteiger charge is 2.25. The molecule has 28 heavy (non-hydrogen) atoms. The highest BCUT2D eigenvalue weighted by molar-refractivity contribution is 6.34. The number of halogens is 1. The Kier molecular flexibility index (Phi) is 6.19. The number of nitrogens with zero attached hydrogens (tertiary/aromatic N) is 2. The summed E-state index contributed by atoms with van der Waals surface area (Å²) in [5, 5.41) is 14.5.